The predicted octanol–water partition coefficient (Wildman–Crippen LogP) is 2.80. The molecule has 6 heteroatoms. The summed E-state index contributed by atoms with van der Waals surface area (Å²) in [6.07, 6.45) is 0. The van der Waals surface area contributed by atoms with E-state index < -0.39 is 10.0 Å². The van der Waals surface area contributed by atoms with Crippen LogP contribution in [0.25, 0.3) is 0 Å². The van der Waals surface area contributed by atoms with Crippen LogP contribution < -0.4 is 0 Å². The van der Waals surface area contributed by atoms with Crippen LogP contribution in [0.15, 0.2) is 47.4 Å². The minimum atomic E-state index is -3.52. The number of piperazine rings is 1. The van der Waals surface area contributed by atoms with E-state index in [0.29, 0.717) is 43.2 Å². The van der Waals surface area contributed by atoms with Crippen LogP contribution in [-0.4, -0.2) is 56.1 Å². The van der Waals surface area contributed by atoms with Gasteiger partial charge in [0.1, 0.15) is 0 Å². The molecule has 3 rings (SSSR count). The van der Waals surface area contributed by atoms with Crippen LogP contribution in [-0.2, 0) is 10.0 Å². The molecule has 0 radical (unpaired) electrons. The molecule has 1 aliphatic heterocycles. The Balaban J connectivity index is 1.68. The molecule has 1 heterocycles. The SMILES string of the molecule is Cc1cc(C)c(S(=O)(=O)N2CCN(CC(=O)c3ccccc3)CC2)c(C)c1. The number of hydrogen-bond donors (Lipinski definition) is 0. The highest BCUT2D eigenvalue weighted by atomic mass is 32.2. The first-order valence-electron chi connectivity index (χ1n) is 9.17. The minimum absolute atomic E-state index is 0.0668. The van der Waals surface area contributed by atoms with Crippen molar-refractivity contribution in [1.29, 1.82) is 0 Å². The number of aryl methyl sites for hydroxylation is 3. The molecular formula is C21H26N2O3S. The monoisotopic (exact) mass is 386 g/mol. The average molecular weight is 387 g/mol. The number of rotatable bonds is 5. The third kappa shape index (κ3) is 4.29. The average Bonchev–Trinajstić information content (AvgIpc) is 2.61. The Morgan fingerprint density at radius 3 is 2.04 bits per heavy atom. The second-order valence-corrected chi connectivity index (χ2v) is 9.07. The topological polar surface area (TPSA) is 57.7 Å². The van der Waals surface area contributed by atoms with Gasteiger partial charge >= 0.3 is 0 Å². The van der Waals surface area contributed by atoms with Gasteiger partial charge < -0.3 is 0 Å². The van der Waals surface area contributed by atoms with E-state index in [2.05, 4.69) is 0 Å². The first-order valence-corrected chi connectivity index (χ1v) is 10.6. The standard InChI is InChI=1S/C21H26N2O3S/c1-16-13-17(2)21(18(3)14-16)27(25,26)23-11-9-22(10-12-23)15-20(24)19-7-5-4-6-8-19/h4-8,13-14H,9-12,15H2,1-3H3. The summed E-state index contributed by atoms with van der Waals surface area (Å²) < 4.78 is 27.8. The van der Waals surface area contributed by atoms with E-state index in [1.807, 2.05) is 68.1 Å². The smallest absolute Gasteiger partial charge is 0.243 e. The molecule has 0 aromatic heterocycles. The van der Waals surface area contributed by atoms with E-state index in [1.54, 1.807) is 4.31 Å². The van der Waals surface area contributed by atoms with Crippen molar-refractivity contribution in [1.82, 2.24) is 9.21 Å². The quantitative estimate of drug-likeness (QED) is 0.742. The third-order valence-electron chi connectivity index (χ3n) is 5.00. The summed E-state index contributed by atoms with van der Waals surface area (Å²) in [6.45, 7) is 7.90. The zero-order chi connectivity index (χ0) is 19.6. The first-order chi connectivity index (χ1) is 12.8. The van der Waals surface area contributed by atoms with Crippen molar-refractivity contribution >= 4 is 15.8 Å². The summed E-state index contributed by atoms with van der Waals surface area (Å²) in [4.78, 5) is 14.8. The number of ketones is 1. The van der Waals surface area contributed by atoms with Crippen molar-refractivity contribution < 1.29 is 13.2 Å². The Morgan fingerprint density at radius 2 is 1.48 bits per heavy atom. The van der Waals surface area contributed by atoms with Gasteiger partial charge in [0.15, 0.2) is 5.78 Å². The van der Waals surface area contributed by atoms with Crippen molar-refractivity contribution in [3.05, 3.63) is 64.7 Å². The van der Waals surface area contributed by atoms with Gasteiger partial charge in [-0.15, -0.1) is 0 Å². The fraction of sp³-hybridized carbons (Fsp3) is 0.381. The Morgan fingerprint density at radius 1 is 0.926 bits per heavy atom. The highest BCUT2D eigenvalue weighted by molar-refractivity contribution is 7.89. The second-order valence-electron chi connectivity index (χ2n) is 7.20. The molecule has 2 aromatic rings. The molecule has 27 heavy (non-hydrogen) atoms. The fourth-order valence-electron chi connectivity index (χ4n) is 3.75. The molecule has 0 unspecified atom stereocenters. The maximum atomic E-state index is 13.1. The normalized spacial score (nSPS) is 16.4. The Labute approximate surface area is 161 Å². The largest absolute Gasteiger partial charge is 0.293 e. The van der Waals surface area contributed by atoms with Gasteiger partial charge in [-0.25, -0.2) is 8.42 Å². The molecule has 0 atom stereocenters. The van der Waals surface area contributed by atoms with E-state index in [9.17, 15) is 13.2 Å². The highest BCUT2D eigenvalue weighted by Gasteiger charge is 2.31. The van der Waals surface area contributed by atoms with E-state index in [-0.39, 0.29) is 5.78 Å². The summed E-state index contributed by atoms with van der Waals surface area (Å²) in [6, 6.07) is 13.0. The first kappa shape index (κ1) is 19.7. The Kier molecular flexibility index (Phi) is 5.79. The Hall–Kier alpha value is -2.02. The molecule has 1 aliphatic rings. The van der Waals surface area contributed by atoms with Gasteiger partial charge in [0.2, 0.25) is 10.0 Å². The molecule has 5 nitrogen and oxygen atoms in total. The van der Waals surface area contributed by atoms with Gasteiger partial charge in [0.25, 0.3) is 0 Å². The summed E-state index contributed by atoms with van der Waals surface area (Å²) in [7, 11) is -3.52. The lowest BCUT2D eigenvalue weighted by atomic mass is 10.1. The maximum absolute atomic E-state index is 13.1. The number of carbonyl (C=O) groups is 1. The van der Waals surface area contributed by atoms with Crippen molar-refractivity contribution in [2.75, 3.05) is 32.7 Å². The van der Waals surface area contributed by atoms with Gasteiger partial charge in [-0.05, 0) is 31.9 Å². The molecule has 0 saturated carbocycles. The second kappa shape index (κ2) is 7.92. The minimum Gasteiger partial charge on any atom is -0.293 e. The number of nitrogens with zero attached hydrogens (tertiary/aromatic N) is 2. The number of Topliss-reactive ketones (excluding diaryl/α,β-unsaturated/α-hetero) is 1. The molecule has 0 spiro atoms. The molecule has 0 amide bonds. The molecule has 1 fully saturated rings. The maximum Gasteiger partial charge on any atom is 0.243 e. The number of benzene rings is 2. The van der Waals surface area contributed by atoms with Gasteiger partial charge in [-0.2, -0.15) is 4.31 Å². The number of sulfonamides is 1. The van der Waals surface area contributed by atoms with Crippen LogP contribution in [0, 0.1) is 20.8 Å². The van der Waals surface area contributed by atoms with Gasteiger partial charge in [-0.1, -0.05) is 48.0 Å². The number of hydrogen-bond acceptors (Lipinski definition) is 4. The van der Waals surface area contributed by atoms with Crippen LogP contribution in [0.2, 0.25) is 0 Å². The van der Waals surface area contributed by atoms with Crippen LogP contribution in [0.1, 0.15) is 27.0 Å². The summed E-state index contributed by atoms with van der Waals surface area (Å²) >= 11 is 0. The third-order valence-corrected chi connectivity index (χ3v) is 7.20. The highest BCUT2D eigenvalue weighted by Crippen LogP contribution is 2.26. The van der Waals surface area contributed by atoms with Crippen LogP contribution in [0.5, 0.6) is 0 Å². The van der Waals surface area contributed by atoms with Crippen LogP contribution in [0.3, 0.4) is 0 Å². The lowest BCUT2D eigenvalue weighted by Gasteiger charge is -2.34. The van der Waals surface area contributed by atoms with Crippen LogP contribution in [0.4, 0.5) is 0 Å². The Bertz CT molecular complexity index is 908. The van der Waals surface area contributed by atoms with Crippen molar-refractivity contribution in [3.8, 4) is 0 Å². The van der Waals surface area contributed by atoms with E-state index >= 15 is 0 Å². The van der Waals surface area contributed by atoms with E-state index in [4.69, 9.17) is 0 Å². The van der Waals surface area contributed by atoms with Crippen molar-refractivity contribution in [3.63, 3.8) is 0 Å². The van der Waals surface area contributed by atoms with E-state index in [1.165, 1.54) is 0 Å². The van der Waals surface area contributed by atoms with Gasteiger partial charge in [-0.3, -0.25) is 9.69 Å². The van der Waals surface area contributed by atoms with Crippen molar-refractivity contribution in [2.45, 2.75) is 25.7 Å². The molecular weight excluding hydrogens is 360 g/mol. The summed E-state index contributed by atoms with van der Waals surface area (Å²) in [5, 5.41) is 0. The van der Waals surface area contributed by atoms with Crippen molar-refractivity contribution in [2.24, 2.45) is 0 Å². The lowest BCUT2D eigenvalue weighted by Crippen LogP contribution is -2.50. The molecule has 0 N–H and O–H groups in total. The predicted molar refractivity (Wildman–Crippen MR) is 107 cm³/mol. The molecule has 144 valence electrons. The lowest BCUT2D eigenvalue weighted by molar-refractivity contribution is 0.0901. The van der Waals surface area contributed by atoms with Gasteiger partial charge in [0.05, 0.1) is 11.4 Å². The number of carbonyl (C=O) groups excluding carboxylic acids is 1. The summed E-state index contributed by atoms with van der Waals surface area (Å²) in [5.74, 6) is 0.0668. The molecule has 2 aromatic carbocycles. The molecule has 0 aliphatic carbocycles. The zero-order valence-corrected chi connectivity index (χ0v) is 16.9. The van der Waals surface area contributed by atoms with Gasteiger partial charge in [0, 0.05) is 31.7 Å². The zero-order valence-electron chi connectivity index (χ0n) is 16.1. The summed E-state index contributed by atoms with van der Waals surface area (Å²) in [5.41, 5.74) is 3.33. The fourth-order valence-corrected chi connectivity index (χ4v) is 5.58. The molecule has 0 bridgehead atoms. The van der Waals surface area contributed by atoms with Crippen LogP contribution >= 0.6 is 0 Å². The van der Waals surface area contributed by atoms with E-state index in [0.717, 1.165) is 16.7 Å². The molecule has 1 saturated heterocycles.